The monoisotopic (exact) mass is 254 g/mol. The molecule has 0 spiro atoms. The number of halogens is 3. The predicted molar refractivity (Wildman–Crippen MR) is 64.4 cm³/mol. The van der Waals surface area contributed by atoms with Crippen LogP contribution >= 0.6 is 0 Å². The summed E-state index contributed by atoms with van der Waals surface area (Å²) in [4.78, 5) is 0. The Labute approximate surface area is 102 Å². The second-order valence-electron chi connectivity index (χ2n) is 4.57. The molecule has 3 N–H and O–H groups in total. The number of hydrazine groups is 1. The maximum absolute atomic E-state index is 12.0. The third kappa shape index (κ3) is 12.0. The van der Waals surface area contributed by atoms with Crippen molar-refractivity contribution in [3.8, 4) is 0 Å². The van der Waals surface area contributed by atoms with Crippen LogP contribution in [0.4, 0.5) is 13.2 Å². The fourth-order valence-electron chi connectivity index (χ4n) is 1.82. The lowest BCUT2D eigenvalue weighted by Gasteiger charge is -2.16. The highest BCUT2D eigenvalue weighted by Crippen LogP contribution is 2.23. The van der Waals surface area contributed by atoms with Crippen LogP contribution in [-0.2, 0) is 0 Å². The summed E-state index contributed by atoms with van der Waals surface area (Å²) in [6.07, 6.45) is 2.87. The van der Waals surface area contributed by atoms with Gasteiger partial charge in [0.15, 0.2) is 0 Å². The molecule has 0 radical (unpaired) electrons. The largest absolute Gasteiger partial charge is 0.389 e. The molecule has 0 aliphatic heterocycles. The highest BCUT2D eigenvalue weighted by Gasteiger charge is 2.27. The van der Waals surface area contributed by atoms with Crippen molar-refractivity contribution in [1.82, 2.24) is 5.43 Å². The first-order chi connectivity index (χ1) is 7.99. The molecule has 0 amide bonds. The number of hydrogen-bond acceptors (Lipinski definition) is 2. The number of nitrogens with one attached hydrogen (secondary N) is 1. The first-order valence-electron chi connectivity index (χ1n) is 6.52. The van der Waals surface area contributed by atoms with Gasteiger partial charge < -0.3 is 0 Å². The van der Waals surface area contributed by atoms with E-state index in [9.17, 15) is 13.2 Å². The number of rotatable bonds is 10. The third-order valence-electron chi connectivity index (χ3n) is 2.92. The minimum absolute atomic E-state index is 0.0783. The lowest BCUT2D eigenvalue weighted by molar-refractivity contribution is -0.136. The summed E-state index contributed by atoms with van der Waals surface area (Å²) >= 11 is 0. The van der Waals surface area contributed by atoms with Crippen LogP contribution in [0.3, 0.4) is 0 Å². The standard InChI is InChI=1S/C12H25F3N2/c1-2-3-4-5-6-7-8-11(17-16)9-10-12(13,14)15/h11,17H,2-10,16H2,1H3. The second kappa shape index (κ2) is 9.71. The molecule has 0 saturated carbocycles. The number of hydrogen-bond donors (Lipinski definition) is 2. The van der Waals surface area contributed by atoms with Crippen LogP contribution in [0.15, 0.2) is 0 Å². The molecule has 1 unspecified atom stereocenters. The van der Waals surface area contributed by atoms with Crippen LogP contribution in [0.1, 0.15) is 64.7 Å². The van der Waals surface area contributed by atoms with Crippen molar-refractivity contribution in [2.45, 2.75) is 76.9 Å². The number of nitrogens with two attached hydrogens (primary N) is 1. The van der Waals surface area contributed by atoms with Crippen LogP contribution in [-0.4, -0.2) is 12.2 Å². The van der Waals surface area contributed by atoms with E-state index in [-0.39, 0.29) is 12.5 Å². The Morgan fingerprint density at radius 3 is 2.12 bits per heavy atom. The second-order valence-corrected chi connectivity index (χ2v) is 4.57. The summed E-state index contributed by atoms with van der Waals surface area (Å²) < 4.78 is 36.0. The molecule has 0 bridgehead atoms. The van der Waals surface area contributed by atoms with Gasteiger partial charge in [-0.25, -0.2) is 0 Å². The van der Waals surface area contributed by atoms with E-state index in [1.165, 1.54) is 25.7 Å². The van der Waals surface area contributed by atoms with Crippen LogP contribution in [0, 0.1) is 0 Å². The first kappa shape index (κ1) is 16.7. The smallest absolute Gasteiger partial charge is 0.271 e. The minimum Gasteiger partial charge on any atom is -0.271 e. The summed E-state index contributed by atoms with van der Waals surface area (Å²) in [7, 11) is 0. The van der Waals surface area contributed by atoms with Gasteiger partial charge in [0.05, 0.1) is 0 Å². The lowest BCUT2D eigenvalue weighted by Crippen LogP contribution is -2.35. The Kier molecular flexibility index (Phi) is 9.55. The van der Waals surface area contributed by atoms with Crippen molar-refractivity contribution in [1.29, 1.82) is 0 Å². The van der Waals surface area contributed by atoms with E-state index >= 15 is 0 Å². The molecular formula is C12H25F3N2. The van der Waals surface area contributed by atoms with Gasteiger partial charge in [0.25, 0.3) is 0 Å². The minimum atomic E-state index is -4.07. The molecule has 0 fully saturated rings. The summed E-state index contributed by atoms with van der Waals surface area (Å²) in [5, 5.41) is 0. The zero-order chi connectivity index (χ0) is 13.1. The summed E-state index contributed by atoms with van der Waals surface area (Å²) in [6.45, 7) is 2.16. The van der Waals surface area contributed by atoms with Crippen LogP contribution < -0.4 is 11.3 Å². The van der Waals surface area contributed by atoms with E-state index in [0.717, 1.165) is 19.3 Å². The number of unbranched alkanes of at least 4 members (excludes halogenated alkanes) is 5. The van der Waals surface area contributed by atoms with Crippen molar-refractivity contribution in [3.63, 3.8) is 0 Å². The van der Waals surface area contributed by atoms with Crippen LogP contribution in [0.5, 0.6) is 0 Å². The van der Waals surface area contributed by atoms with Crippen molar-refractivity contribution in [2.24, 2.45) is 5.84 Å². The molecule has 104 valence electrons. The van der Waals surface area contributed by atoms with Gasteiger partial charge in [-0.3, -0.25) is 11.3 Å². The maximum Gasteiger partial charge on any atom is 0.389 e. The van der Waals surface area contributed by atoms with Gasteiger partial charge in [-0.1, -0.05) is 45.4 Å². The first-order valence-corrected chi connectivity index (χ1v) is 6.52. The maximum atomic E-state index is 12.0. The van der Waals surface area contributed by atoms with E-state index in [1.807, 2.05) is 0 Å². The van der Waals surface area contributed by atoms with Crippen molar-refractivity contribution < 1.29 is 13.2 Å². The zero-order valence-corrected chi connectivity index (χ0v) is 10.7. The fourth-order valence-corrected chi connectivity index (χ4v) is 1.82. The van der Waals surface area contributed by atoms with Crippen molar-refractivity contribution in [2.75, 3.05) is 0 Å². The van der Waals surface area contributed by atoms with E-state index in [2.05, 4.69) is 12.3 Å². The average Bonchev–Trinajstić information content (AvgIpc) is 2.26. The summed E-state index contributed by atoms with van der Waals surface area (Å²) in [5.74, 6) is 5.25. The predicted octanol–water partition coefficient (Wildman–Crippen LogP) is 3.91. The van der Waals surface area contributed by atoms with Gasteiger partial charge in [-0.2, -0.15) is 13.2 Å². The van der Waals surface area contributed by atoms with Gasteiger partial charge >= 0.3 is 6.18 Å². The molecule has 0 aromatic rings. The zero-order valence-electron chi connectivity index (χ0n) is 10.7. The van der Waals surface area contributed by atoms with Gasteiger partial charge in [-0.15, -0.1) is 0 Å². The molecule has 0 heterocycles. The quantitative estimate of drug-likeness (QED) is 0.352. The van der Waals surface area contributed by atoms with Crippen LogP contribution in [0.2, 0.25) is 0 Å². The molecular weight excluding hydrogens is 229 g/mol. The lowest BCUT2D eigenvalue weighted by atomic mass is 10.0. The van der Waals surface area contributed by atoms with Crippen LogP contribution in [0.25, 0.3) is 0 Å². The molecule has 0 aromatic heterocycles. The van der Waals surface area contributed by atoms with E-state index in [0.29, 0.717) is 0 Å². The Balaban J connectivity index is 3.48. The molecule has 17 heavy (non-hydrogen) atoms. The normalized spacial score (nSPS) is 13.9. The van der Waals surface area contributed by atoms with E-state index in [4.69, 9.17) is 5.84 Å². The van der Waals surface area contributed by atoms with Gasteiger partial charge in [-0.05, 0) is 12.8 Å². The third-order valence-corrected chi connectivity index (χ3v) is 2.92. The Morgan fingerprint density at radius 1 is 1.00 bits per heavy atom. The average molecular weight is 254 g/mol. The SMILES string of the molecule is CCCCCCCCC(CCC(F)(F)F)NN. The number of alkyl halides is 3. The molecule has 0 aliphatic rings. The molecule has 0 saturated heterocycles. The van der Waals surface area contributed by atoms with Crippen molar-refractivity contribution >= 4 is 0 Å². The van der Waals surface area contributed by atoms with Crippen molar-refractivity contribution in [3.05, 3.63) is 0 Å². The molecule has 0 aromatic carbocycles. The Hall–Kier alpha value is -0.290. The summed E-state index contributed by atoms with van der Waals surface area (Å²) in [6, 6.07) is -0.206. The van der Waals surface area contributed by atoms with E-state index in [1.54, 1.807) is 0 Å². The fraction of sp³-hybridized carbons (Fsp3) is 1.00. The Bertz CT molecular complexity index is 172. The van der Waals surface area contributed by atoms with Gasteiger partial charge in [0, 0.05) is 12.5 Å². The summed E-state index contributed by atoms with van der Waals surface area (Å²) in [5.41, 5.74) is 2.48. The highest BCUT2D eigenvalue weighted by molar-refractivity contribution is 4.66. The molecule has 5 heteroatoms. The Morgan fingerprint density at radius 2 is 1.59 bits per heavy atom. The molecule has 0 aliphatic carbocycles. The molecule has 0 rings (SSSR count). The highest BCUT2D eigenvalue weighted by atomic mass is 19.4. The van der Waals surface area contributed by atoms with Gasteiger partial charge in [0.1, 0.15) is 0 Å². The van der Waals surface area contributed by atoms with E-state index < -0.39 is 12.6 Å². The molecule has 2 nitrogen and oxygen atoms in total. The topological polar surface area (TPSA) is 38.0 Å². The molecule has 1 atom stereocenters. The van der Waals surface area contributed by atoms with Gasteiger partial charge in [0.2, 0.25) is 0 Å².